The van der Waals surface area contributed by atoms with Crippen LogP contribution in [0.15, 0.2) is 42.5 Å². The van der Waals surface area contributed by atoms with Crippen molar-refractivity contribution in [1.29, 1.82) is 0 Å². The molecule has 1 fully saturated rings. The highest BCUT2D eigenvalue weighted by Crippen LogP contribution is 2.29. The Hall–Kier alpha value is -1.94. The van der Waals surface area contributed by atoms with Crippen molar-refractivity contribution < 1.29 is 4.79 Å². The van der Waals surface area contributed by atoms with Crippen molar-refractivity contribution >= 4 is 39.7 Å². The number of rotatable bonds is 1. The Morgan fingerprint density at radius 1 is 1.21 bits per heavy atom. The number of hydrogen-bond donors (Lipinski definition) is 1. The van der Waals surface area contributed by atoms with E-state index in [0.29, 0.717) is 11.7 Å². The average molecular weight is 270 g/mol. The van der Waals surface area contributed by atoms with Gasteiger partial charge in [0.2, 0.25) is 5.91 Å². The molecule has 0 saturated carbocycles. The van der Waals surface area contributed by atoms with Crippen molar-refractivity contribution in [2.24, 2.45) is 5.92 Å². The van der Waals surface area contributed by atoms with Crippen molar-refractivity contribution in [2.75, 3.05) is 11.4 Å². The maximum Gasteiger partial charge on any atom is 0.237 e. The number of fused-ring (bicyclic) bond motifs is 1. The van der Waals surface area contributed by atoms with Crippen molar-refractivity contribution in [2.45, 2.75) is 6.92 Å². The van der Waals surface area contributed by atoms with Crippen LogP contribution in [0.25, 0.3) is 10.8 Å². The van der Waals surface area contributed by atoms with Gasteiger partial charge in [-0.05, 0) is 23.7 Å². The molecule has 0 aromatic heterocycles. The summed E-state index contributed by atoms with van der Waals surface area (Å²) in [5.41, 5.74) is 0.854. The van der Waals surface area contributed by atoms with E-state index < -0.39 is 0 Å². The molecule has 2 aromatic carbocycles. The summed E-state index contributed by atoms with van der Waals surface area (Å²) in [5.74, 6) is -0.00854. The van der Waals surface area contributed by atoms with Crippen LogP contribution in [0.5, 0.6) is 0 Å². The lowest BCUT2D eigenvalue weighted by atomic mass is 10.0. The van der Waals surface area contributed by atoms with E-state index in [1.807, 2.05) is 49.4 Å². The summed E-state index contributed by atoms with van der Waals surface area (Å²) in [7, 11) is 0. The largest absolute Gasteiger partial charge is 0.361 e. The first-order valence-electron chi connectivity index (χ1n) is 6.28. The number of carbonyl (C=O) groups is 1. The molecule has 3 rings (SSSR count). The molecule has 1 N–H and O–H groups in total. The van der Waals surface area contributed by atoms with Gasteiger partial charge in [0.05, 0.1) is 11.6 Å². The molecular formula is C15H14N2OS. The van der Waals surface area contributed by atoms with Gasteiger partial charge in [-0.25, -0.2) is 0 Å². The summed E-state index contributed by atoms with van der Waals surface area (Å²) in [6, 6.07) is 13.9. The molecule has 1 aliphatic heterocycles. The fourth-order valence-corrected chi connectivity index (χ4v) is 2.63. The Balaban J connectivity index is 2.18. The molecule has 19 heavy (non-hydrogen) atoms. The molecule has 96 valence electrons. The van der Waals surface area contributed by atoms with Crippen LogP contribution in [0.3, 0.4) is 0 Å². The molecule has 1 aliphatic rings. The summed E-state index contributed by atoms with van der Waals surface area (Å²) in [5, 5.41) is 5.74. The molecule has 2 aromatic rings. The van der Waals surface area contributed by atoms with Crippen LogP contribution in [0, 0.1) is 5.92 Å². The highest BCUT2D eigenvalue weighted by Gasteiger charge is 2.30. The average Bonchev–Trinajstić information content (AvgIpc) is 2.44. The standard InChI is InChI=1S/C15H14N2OS/c1-10-9-16-15(19)17(14(10)18)13-8-4-6-11-5-2-3-7-12(11)13/h2-8,10H,9H2,1H3,(H,16,19)/t10-/m0/s1. The minimum Gasteiger partial charge on any atom is -0.361 e. The van der Waals surface area contributed by atoms with E-state index in [0.717, 1.165) is 16.5 Å². The van der Waals surface area contributed by atoms with Crippen LogP contribution < -0.4 is 10.2 Å². The van der Waals surface area contributed by atoms with Gasteiger partial charge in [0.1, 0.15) is 0 Å². The summed E-state index contributed by atoms with van der Waals surface area (Å²) < 4.78 is 0. The number of nitrogens with one attached hydrogen (secondary N) is 1. The van der Waals surface area contributed by atoms with Gasteiger partial charge in [-0.15, -0.1) is 0 Å². The third kappa shape index (κ3) is 1.98. The monoisotopic (exact) mass is 270 g/mol. The molecule has 0 spiro atoms. The normalized spacial score (nSPS) is 19.6. The molecule has 0 bridgehead atoms. The van der Waals surface area contributed by atoms with Crippen molar-refractivity contribution in [3.63, 3.8) is 0 Å². The van der Waals surface area contributed by atoms with Crippen molar-refractivity contribution in [3.8, 4) is 0 Å². The van der Waals surface area contributed by atoms with E-state index in [-0.39, 0.29) is 11.8 Å². The van der Waals surface area contributed by atoms with Gasteiger partial charge < -0.3 is 5.32 Å². The Morgan fingerprint density at radius 3 is 2.79 bits per heavy atom. The first-order chi connectivity index (χ1) is 9.18. The Morgan fingerprint density at radius 2 is 1.95 bits per heavy atom. The van der Waals surface area contributed by atoms with Gasteiger partial charge in [-0.2, -0.15) is 0 Å². The minimum atomic E-state index is -0.0642. The van der Waals surface area contributed by atoms with Gasteiger partial charge in [0.15, 0.2) is 5.11 Å². The molecule has 3 nitrogen and oxygen atoms in total. The van der Waals surface area contributed by atoms with Gasteiger partial charge in [-0.3, -0.25) is 9.69 Å². The highest BCUT2D eigenvalue weighted by molar-refractivity contribution is 7.80. The number of carbonyl (C=O) groups excluding carboxylic acids is 1. The van der Waals surface area contributed by atoms with E-state index in [2.05, 4.69) is 5.32 Å². The van der Waals surface area contributed by atoms with E-state index in [1.165, 1.54) is 0 Å². The van der Waals surface area contributed by atoms with Crippen LogP contribution in [-0.2, 0) is 4.79 Å². The molecule has 0 radical (unpaired) electrons. The second kappa shape index (κ2) is 4.63. The lowest BCUT2D eigenvalue weighted by Crippen LogP contribution is -2.54. The predicted octanol–water partition coefficient (Wildman–Crippen LogP) is 2.70. The summed E-state index contributed by atoms with van der Waals surface area (Å²) in [6.45, 7) is 2.52. The Kier molecular flexibility index (Phi) is 2.95. The number of thiocarbonyl (C=S) groups is 1. The maximum absolute atomic E-state index is 12.4. The first-order valence-corrected chi connectivity index (χ1v) is 6.69. The maximum atomic E-state index is 12.4. The molecule has 0 aliphatic carbocycles. The van der Waals surface area contributed by atoms with Gasteiger partial charge in [0.25, 0.3) is 0 Å². The van der Waals surface area contributed by atoms with Gasteiger partial charge >= 0.3 is 0 Å². The van der Waals surface area contributed by atoms with E-state index >= 15 is 0 Å². The van der Waals surface area contributed by atoms with Gasteiger partial charge in [0, 0.05) is 11.9 Å². The number of nitrogens with zero attached hydrogens (tertiary/aromatic N) is 1. The lowest BCUT2D eigenvalue weighted by Gasteiger charge is -2.32. The fourth-order valence-electron chi connectivity index (χ4n) is 2.36. The van der Waals surface area contributed by atoms with Crippen LogP contribution in [0.2, 0.25) is 0 Å². The Bertz CT molecular complexity index is 663. The highest BCUT2D eigenvalue weighted by atomic mass is 32.1. The van der Waals surface area contributed by atoms with E-state index in [9.17, 15) is 4.79 Å². The first kappa shape index (κ1) is 12.1. The smallest absolute Gasteiger partial charge is 0.237 e. The summed E-state index contributed by atoms with van der Waals surface area (Å²) in [4.78, 5) is 14.0. The SMILES string of the molecule is C[C@H]1CNC(=S)N(c2cccc3ccccc23)C1=O. The Labute approximate surface area is 117 Å². The topological polar surface area (TPSA) is 32.3 Å². The van der Waals surface area contributed by atoms with Crippen LogP contribution in [-0.4, -0.2) is 17.6 Å². The van der Waals surface area contributed by atoms with Crippen LogP contribution in [0.1, 0.15) is 6.92 Å². The summed E-state index contributed by atoms with van der Waals surface area (Å²) >= 11 is 5.30. The third-order valence-electron chi connectivity index (χ3n) is 3.41. The molecule has 1 atom stereocenters. The number of hydrogen-bond acceptors (Lipinski definition) is 2. The number of benzene rings is 2. The number of anilines is 1. The zero-order chi connectivity index (χ0) is 13.4. The van der Waals surface area contributed by atoms with E-state index in [1.54, 1.807) is 4.90 Å². The van der Waals surface area contributed by atoms with E-state index in [4.69, 9.17) is 12.2 Å². The second-order valence-corrected chi connectivity index (χ2v) is 5.15. The zero-order valence-corrected chi connectivity index (χ0v) is 11.4. The van der Waals surface area contributed by atoms with Crippen molar-refractivity contribution in [1.82, 2.24) is 5.32 Å². The molecule has 4 heteroatoms. The van der Waals surface area contributed by atoms with Crippen LogP contribution >= 0.6 is 12.2 Å². The zero-order valence-electron chi connectivity index (χ0n) is 10.6. The molecule has 1 saturated heterocycles. The molecular weight excluding hydrogens is 256 g/mol. The predicted molar refractivity (Wildman–Crippen MR) is 81.2 cm³/mol. The quantitative estimate of drug-likeness (QED) is 0.809. The van der Waals surface area contributed by atoms with Crippen molar-refractivity contribution in [3.05, 3.63) is 42.5 Å². The van der Waals surface area contributed by atoms with Gasteiger partial charge in [-0.1, -0.05) is 43.3 Å². The molecule has 1 heterocycles. The molecule has 0 unspecified atom stereocenters. The second-order valence-electron chi connectivity index (χ2n) is 4.76. The van der Waals surface area contributed by atoms with Crippen LogP contribution in [0.4, 0.5) is 5.69 Å². The number of amides is 1. The summed E-state index contributed by atoms with van der Waals surface area (Å²) in [6.07, 6.45) is 0. The third-order valence-corrected chi connectivity index (χ3v) is 3.74. The fraction of sp³-hybridized carbons (Fsp3) is 0.200. The molecule has 1 amide bonds. The lowest BCUT2D eigenvalue weighted by molar-refractivity contribution is -0.121. The minimum absolute atomic E-state index is 0.0557.